The van der Waals surface area contributed by atoms with Crippen LogP contribution in [0.4, 0.5) is 0 Å². The number of hydrogen-bond donors (Lipinski definition) is 1. The molecule has 190 valence electrons. The number of nitriles is 1. The third-order valence-corrected chi connectivity index (χ3v) is 7.04. The molecule has 2 aliphatic heterocycles. The number of carbonyl (C=O) groups is 4. The van der Waals surface area contributed by atoms with Crippen LogP contribution < -0.4 is 5.73 Å². The Balaban J connectivity index is 2.47. The summed E-state index contributed by atoms with van der Waals surface area (Å²) in [5, 5.41) is 11.8. The Morgan fingerprint density at radius 2 is 1.78 bits per heavy atom. The van der Waals surface area contributed by atoms with Gasteiger partial charge in [0.15, 0.2) is 0 Å². The molecule has 2 N–H and O–H groups in total. The van der Waals surface area contributed by atoms with Gasteiger partial charge in [-0.05, 0) is 39.1 Å². The topological polar surface area (TPSA) is 149 Å². The van der Waals surface area contributed by atoms with Crippen LogP contribution in [-0.4, -0.2) is 48.9 Å². The summed E-state index contributed by atoms with van der Waals surface area (Å²) >= 11 is 1.31. The number of allylic oxidation sites excluding steroid dienone is 2. The van der Waals surface area contributed by atoms with Gasteiger partial charge < -0.3 is 24.8 Å². The minimum Gasteiger partial charge on any atom is -0.468 e. The first-order valence-corrected chi connectivity index (χ1v) is 12.1. The standard InChI is InChI=1S/C25H27N3O7S/c1-6-34-24(31)16-12(3)28-21(20(25(32)35-7-2)19(16)15-9-8-10-36-15)18(14(11-26)22(28)27)17(13(4)29)23(30)33-5/h8-10,17-19H,6-7,27H2,1-5H3/t17-,18+,19-/m1/s1. The van der Waals surface area contributed by atoms with Gasteiger partial charge in [-0.3, -0.25) is 9.59 Å². The van der Waals surface area contributed by atoms with Crippen molar-refractivity contribution in [2.24, 2.45) is 17.6 Å². The molecule has 0 saturated carbocycles. The van der Waals surface area contributed by atoms with Crippen LogP contribution in [0.5, 0.6) is 0 Å². The molecule has 0 bridgehead atoms. The number of fused-ring (bicyclic) bond motifs is 1. The highest BCUT2D eigenvalue weighted by molar-refractivity contribution is 7.10. The number of hydrogen-bond acceptors (Lipinski definition) is 11. The Morgan fingerprint density at radius 3 is 2.25 bits per heavy atom. The highest BCUT2D eigenvalue weighted by Crippen LogP contribution is 2.53. The molecule has 0 spiro atoms. The highest BCUT2D eigenvalue weighted by Gasteiger charge is 2.53. The molecule has 0 unspecified atom stereocenters. The van der Waals surface area contributed by atoms with E-state index in [0.29, 0.717) is 10.6 Å². The van der Waals surface area contributed by atoms with Gasteiger partial charge in [-0.2, -0.15) is 5.26 Å². The second kappa shape index (κ2) is 10.8. The van der Waals surface area contributed by atoms with Crippen molar-refractivity contribution in [3.8, 4) is 6.07 Å². The number of Topliss-reactive ketones (excluding diaryl/α,β-unsaturated/α-hetero) is 1. The Morgan fingerprint density at radius 1 is 1.17 bits per heavy atom. The van der Waals surface area contributed by atoms with Crippen LogP contribution in [0.2, 0.25) is 0 Å². The zero-order valence-corrected chi connectivity index (χ0v) is 21.4. The monoisotopic (exact) mass is 513 g/mol. The van der Waals surface area contributed by atoms with E-state index in [0.717, 1.165) is 7.11 Å². The highest BCUT2D eigenvalue weighted by atomic mass is 32.1. The second-order valence-electron chi connectivity index (χ2n) is 8.02. The summed E-state index contributed by atoms with van der Waals surface area (Å²) in [6.45, 7) is 6.21. The van der Waals surface area contributed by atoms with Crippen LogP contribution in [0.15, 0.2) is 51.4 Å². The number of ketones is 1. The summed E-state index contributed by atoms with van der Waals surface area (Å²) in [6.07, 6.45) is 0. The summed E-state index contributed by atoms with van der Waals surface area (Å²) in [6, 6.07) is 5.52. The van der Waals surface area contributed by atoms with Gasteiger partial charge in [-0.1, -0.05) is 6.07 Å². The lowest BCUT2D eigenvalue weighted by Gasteiger charge is -2.37. The van der Waals surface area contributed by atoms with Gasteiger partial charge in [-0.15, -0.1) is 11.3 Å². The smallest absolute Gasteiger partial charge is 0.336 e. The van der Waals surface area contributed by atoms with Crippen molar-refractivity contribution in [2.45, 2.75) is 33.6 Å². The molecule has 11 heteroatoms. The van der Waals surface area contributed by atoms with Crippen molar-refractivity contribution in [3.05, 3.63) is 56.3 Å². The number of methoxy groups -OCH3 is 1. The first kappa shape index (κ1) is 26.7. The van der Waals surface area contributed by atoms with Crippen molar-refractivity contribution in [1.29, 1.82) is 5.26 Å². The Hall–Kier alpha value is -3.91. The van der Waals surface area contributed by atoms with Crippen molar-refractivity contribution >= 4 is 35.0 Å². The maximum absolute atomic E-state index is 13.5. The van der Waals surface area contributed by atoms with Gasteiger partial charge >= 0.3 is 17.9 Å². The minimum atomic E-state index is -1.45. The Kier molecular flexibility index (Phi) is 8.00. The quantitative estimate of drug-likeness (QED) is 0.312. The fraction of sp³-hybridized carbons (Fsp3) is 0.400. The van der Waals surface area contributed by atoms with Gasteiger partial charge in [0.2, 0.25) is 0 Å². The van der Waals surface area contributed by atoms with E-state index in [1.165, 1.54) is 23.2 Å². The summed E-state index contributed by atoms with van der Waals surface area (Å²) in [5.41, 5.74) is 6.90. The SMILES string of the molecule is CCOC(=O)C1=C(C)N2C(N)=C(C#N)[C@@H]([C@@H](C(C)=O)C(=O)OC)C2=C(C(=O)OCC)[C@@H]1c1cccs1. The fourth-order valence-electron chi connectivity index (χ4n) is 4.72. The van der Waals surface area contributed by atoms with E-state index >= 15 is 0 Å². The number of nitrogens with two attached hydrogens (primary N) is 1. The predicted molar refractivity (Wildman–Crippen MR) is 128 cm³/mol. The van der Waals surface area contributed by atoms with Crippen molar-refractivity contribution < 1.29 is 33.4 Å². The summed E-state index contributed by atoms with van der Waals surface area (Å²) in [5.74, 6) is -6.60. The molecule has 2 aliphatic rings. The Labute approximate surface area is 212 Å². The van der Waals surface area contributed by atoms with Crippen molar-refractivity contribution in [2.75, 3.05) is 20.3 Å². The Bertz CT molecular complexity index is 1240. The predicted octanol–water partition coefficient (Wildman–Crippen LogP) is 2.50. The molecule has 10 nitrogen and oxygen atoms in total. The van der Waals surface area contributed by atoms with Gasteiger partial charge in [0.1, 0.15) is 17.5 Å². The number of ether oxygens (including phenoxy) is 3. The van der Waals surface area contributed by atoms with Crippen LogP contribution >= 0.6 is 11.3 Å². The fourth-order valence-corrected chi connectivity index (χ4v) is 5.56. The normalized spacial score (nSPS) is 20.1. The van der Waals surface area contributed by atoms with Crippen molar-refractivity contribution in [3.63, 3.8) is 0 Å². The van der Waals surface area contributed by atoms with Gasteiger partial charge in [0.05, 0.1) is 54.9 Å². The largest absolute Gasteiger partial charge is 0.468 e. The number of thiophene rings is 1. The third-order valence-electron chi connectivity index (χ3n) is 6.11. The molecule has 3 atom stereocenters. The van der Waals surface area contributed by atoms with E-state index in [2.05, 4.69) is 0 Å². The van der Waals surface area contributed by atoms with Gasteiger partial charge in [0.25, 0.3) is 0 Å². The van der Waals surface area contributed by atoms with Crippen molar-refractivity contribution in [1.82, 2.24) is 4.90 Å². The van der Waals surface area contributed by atoms with E-state index in [4.69, 9.17) is 19.9 Å². The lowest BCUT2D eigenvalue weighted by Crippen LogP contribution is -2.39. The molecule has 0 radical (unpaired) electrons. The molecule has 0 saturated heterocycles. The second-order valence-corrected chi connectivity index (χ2v) is 9.00. The molecule has 0 fully saturated rings. The van der Waals surface area contributed by atoms with E-state index in [1.54, 1.807) is 38.3 Å². The van der Waals surface area contributed by atoms with Crippen LogP contribution in [0.3, 0.4) is 0 Å². The molecular weight excluding hydrogens is 486 g/mol. The van der Waals surface area contributed by atoms with Crippen LogP contribution in [0, 0.1) is 23.2 Å². The summed E-state index contributed by atoms with van der Waals surface area (Å²) in [7, 11) is 1.13. The lowest BCUT2D eigenvalue weighted by molar-refractivity contribution is -0.150. The number of carbonyl (C=O) groups excluding carboxylic acids is 4. The average molecular weight is 514 g/mol. The third kappa shape index (κ3) is 4.28. The molecule has 36 heavy (non-hydrogen) atoms. The van der Waals surface area contributed by atoms with Crippen LogP contribution in [-0.2, 0) is 33.4 Å². The zero-order chi connectivity index (χ0) is 26.7. The van der Waals surface area contributed by atoms with E-state index < -0.39 is 41.4 Å². The van der Waals surface area contributed by atoms with E-state index in [-0.39, 0.29) is 41.5 Å². The van der Waals surface area contributed by atoms with Gasteiger partial charge in [-0.25, -0.2) is 9.59 Å². The minimum absolute atomic E-state index is 0.00121. The summed E-state index contributed by atoms with van der Waals surface area (Å²) < 4.78 is 15.6. The molecule has 3 rings (SSSR count). The molecule has 3 heterocycles. The average Bonchev–Trinajstić information content (AvgIpc) is 3.45. The number of rotatable bonds is 8. The molecule has 0 amide bonds. The first-order chi connectivity index (χ1) is 17.2. The molecule has 1 aromatic rings. The van der Waals surface area contributed by atoms with E-state index in [1.807, 2.05) is 6.07 Å². The van der Waals surface area contributed by atoms with E-state index in [9.17, 15) is 24.4 Å². The molecule has 0 aliphatic carbocycles. The maximum Gasteiger partial charge on any atom is 0.336 e. The zero-order valence-electron chi connectivity index (χ0n) is 20.6. The number of esters is 3. The number of nitrogens with zero attached hydrogens (tertiary/aromatic N) is 2. The van der Waals surface area contributed by atoms with Gasteiger partial charge in [0, 0.05) is 16.3 Å². The first-order valence-electron chi connectivity index (χ1n) is 11.3. The summed E-state index contributed by atoms with van der Waals surface area (Å²) in [4.78, 5) is 54.3. The van der Waals surface area contributed by atoms with Crippen LogP contribution in [0.1, 0.15) is 38.5 Å². The lowest BCUT2D eigenvalue weighted by atomic mass is 9.76. The maximum atomic E-state index is 13.5. The van der Waals surface area contributed by atoms with Crippen LogP contribution in [0.25, 0.3) is 0 Å². The molecule has 1 aromatic heterocycles. The molecule has 0 aromatic carbocycles. The molecular formula is C25H27N3O7S.